The number of anilines is 1. The highest BCUT2D eigenvalue weighted by Crippen LogP contribution is 2.20. The Hall–Kier alpha value is -1.65. The van der Waals surface area contributed by atoms with Gasteiger partial charge in [0, 0.05) is 12.0 Å². The molecule has 5 nitrogen and oxygen atoms in total. The second-order valence-corrected chi connectivity index (χ2v) is 4.79. The van der Waals surface area contributed by atoms with Crippen LogP contribution in [0.15, 0.2) is 12.1 Å². The van der Waals surface area contributed by atoms with Crippen LogP contribution < -0.4 is 5.32 Å². The predicted octanol–water partition coefficient (Wildman–Crippen LogP) is 1.85. The molecule has 0 saturated heterocycles. The third kappa shape index (κ3) is 1.85. The summed E-state index contributed by atoms with van der Waals surface area (Å²) in [6.07, 6.45) is 0. The Morgan fingerprint density at radius 3 is 2.62 bits per heavy atom. The van der Waals surface area contributed by atoms with E-state index in [-0.39, 0.29) is 5.41 Å². The van der Waals surface area contributed by atoms with E-state index in [4.69, 9.17) is 0 Å². The maximum Gasteiger partial charge on any atom is 0.178 e. The highest BCUT2D eigenvalue weighted by atomic mass is 15.4. The van der Waals surface area contributed by atoms with E-state index in [2.05, 4.69) is 41.4 Å². The van der Waals surface area contributed by atoms with Gasteiger partial charge in [0.1, 0.15) is 5.82 Å². The summed E-state index contributed by atoms with van der Waals surface area (Å²) in [6, 6.07) is 3.84. The van der Waals surface area contributed by atoms with Gasteiger partial charge in [-0.05, 0) is 19.1 Å². The van der Waals surface area contributed by atoms with Gasteiger partial charge in [-0.2, -0.15) is 4.52 Å². The SMILES string of the molecule is CCNc1ccc2nnc(C(C)(C)C)n2n1. The second kappa shape index (κ2) is 3.73. The van der Waals surface area contributed by atoms with Gasteiger partial charge in [0.15, 0.2) is 11.5 Å². The van der Waals surface area contributed by atoms with Crippen molar-refractivity contribution in [1.82, 2.24) is 19.8 Å². The number of hydrogen-bond donors (Lipinski definition) is 1. The largest absolute Gasteiger partial charge is 0.369 e. The maximum absolute atomic E-state index is 4.47. The normalized spacial score (nSPS) is 12.0. The molecule has 0 atom stereocenters. The highest BCUT2D eigenvalue weighted by Gasteiger charge is 2.21. The summed E-state index contributed by atoms with van der Waals surface area (Å²) in [4.78, 5) is 0. The average molecular weight is 219 g/mol. The van der Waals surface area contributed by atoms with Crippen LogP contribution in [0.25, 0.3) is 5.65 Å². The predicted molar refractivity (Wildman–Crippen MR) is 63.6 cm³/mol. The van der Waals surface area contributed by atoms with E-state index in [0.717, 1.165) is 23.8 Å². The summed E-state index contributed by atoms with van der Waals surface area (Å²) in [7, 11) is 0. The molecule has 86 valence electrons. The lowest BCUT2D eigenvalue weighted by Gasteiger charge is -2.15. The van der Waals surface area contributed by atoms with Crippen LogP contribution in [0.4, 0.5) is 5.82 Å². The molecular formula is C11H17N5. The molecule has 0 radical (unpaired) electrons. The van der Waals surface area contributed by atoms with Crippen LogP contribution in [0, 0.1) is 0 Å². The molecule has 2 aromatic rings. The van der Waals surface area contributed by atoms with Crippen LogP contribution >= 0.6 is 0 Å². The molecule has 16 heavy (non-hydrogen) atoms. The lowest BCUT2D eigenvalue weighted by molar-refractivity contribution is 0.527. The van der Waals surface area contributed by atoms with Crippen molar-refractivity contribution < 1.29 is 0 Å². The molecule has 2 heterocycles. The van der Waals surface area contributed by atoms with E-state index < -0.39 is 0 Å². The fourth-order valence-corrected chi connectivity index (χ4v) is 1.53. The van der Waals surface area contributed by atoms with Crippen LogP contribution in [0.3, 0.4) is 0 Å². The Balaban J connectivity index is 2.56. The minimum Gasteiger partial charge on any atom is -0.369 e. The summed E-state index contributed by atoms with van der Waals surface area (Å²) in [6.45, 7) is 9.20. The van der Waals surface area contributed by atoms with Gasteiger partial charge in [0.05, 0.1) is 0 Å². The number of fused-ring (bicyclic) bond motifs is 1. The maximum atomic E-state index is 4.47. The zero-order chi connectivity index (χ0) is 11.8. The first-order valence-electron chi connectivity index (χ1n) is 5.49. The van der Waals surface area contributed by atoms with Gasteiger partial charge in [-0.1, -0.05) is 20.8 Å². The molecule has 2 rings (SSSR count). The molecule has 0 fully saturated rings. The molecular weight excluding hydrogens is 202 g/mol. The van der Waals surface area contributed by atoms with Crippen LogP contribution in [0.2, 0.25) is 0 Å². The van der Waals surface area contributed by atoms with Crippen molar-refractivity contribution in [3.8, 4) is 0 Å². The van der Waals surface area contributed by atoms with E-state index in [1.165, 1.54) is 0 Å². The summed E-state index contributed by atoms with van der Waals surface area (Å²) < 4.78 is 1.80. The molecule has 0 aliphatic rings. The van der Waals surface area contributed by atoms with Gasteiger partial charge in [-0.15, -0.1) is 15.3 Å². The number of nitrogens with zero attached hydrogens (tertiary/aromatic N) is 4. The first-order valence-corrected chi connectivity index (χ1v) is 5.49. The van der Waals surface area contributed by atoms with Gasteiger partial charge < -0.3 is 5.32 Å². The van der Waals surface area contributed by atoms with Crippen molar-refractivity contribution in [3.63, 3.8) is 0 Å². The standard InChI is InChI=1S/C11H17N5/c1-5-12-8-6-7-9-13-14-10(11(2,3)4)16(9)15-8/h6-7H,5H2,1-4H3,(H,12,15). The molecule has 0 bridgehead atoms. The van der Waals surface area contributed by atoms with Crippen molar-refractivity contribution in [3.05, 3.63) is 18.0 Å². The van der Waals surface area contributed by atoms with Crippen LogP contribution in [0.1, 0.15) is 33.5 Å². The molecule has 0 spiro atoms. The Kier molecular flexibility index (Phi) is 2.53. The molecule has 1 N–H and O–H groups in total. The third-order valence-corrected chi connectivity index (χ3v) is 2.29. The smallest absolute Gasteiger partial charge is 0.178 e. The summed E-state index contributed by atoms with van der Waals surface area (Å²) in [5.74, 6) is 1.72. The van der Waals surface area contributed by atoms with Gasteiger partial charge in [0.25, 0.3) is 0 Å². The van der Waals surface area contributed by atoms with Gasteiger partial charge in [0.2, 0.25) is 0 Å². The summed E-state index contributed by atoms with van der Waals surface area (Å²) in [5.41, 5.74) is 0.726. The molecule has 2 aromatic heterocycles. The van der Waals surface area contributed by atoms with Gasteiger partial charge >= 0.3 is 0 Å². The lowest BCUT2D eigenvalue weighted by atomic mass is 9.96. The Morgan fingerprint density at radius 1 is 1.25 bits per heavy atom. The Bertz CT molecular complexity index is 495. The molecule has 0 unspecified atom stereocenters. The Morgan fingerprint density at radius 2 is 2.00 bits per heavy atom. The number of hydrogen-bond acceptors (Lipinski definition) is 4. The molecule has 0 aliphatic heterocycles. The zero-order valence-corrected chi connectivity index (χ0v) is 10.2. The van der Waals surface area contributed by atoms with Crippen molar-refractivity contribution in [2.75, 3.05) is 11.9 Å². The van der Waals surface area contributed by atoms with E-state index in [9.17, 15) is 0 Å². The van der Waals surface area contributed by atoms with Gasteiger partial charge in [-0.3, -0.25) is 0 Å². The van der Waals surface area contributed by atoms with Crippen molar-refractivity contribution >= 4 is 11.5 Å². The molecule has 0 aromatic carbocycles. The highest BCUT2D eigenvalue weighted by molar-refractivity contribution is 5.44. The van der Waals surface area contributed by atoms with Crippen molar-refractivity contribution in [2.45, 2.75) is 33.1 Å². The fourth-order valence-electron chi connectivity index (χ4n) is 1.53. The first kappa shape index (κ1) is 10.9. The van der Waals surface area contributed by atoms with E-state index in [1.54, 1.807) is 4.52 Å². The summed E-state index contributed by atoms with van der Waals surface area (Å²) >= 11 is 0. The minimum absolute atomic E-state index is 0.0583. The van der Waals surface area contributed by atoms with Crippen LogP contribution in [-0.4, -0.2) is 26.4 Å². The van der Waals surface area contributed by atoms with Crippen molar-refractivity contribution in [2.24, 2.45) is 0 Å². The number of aromatic nitrogens is 4. The van der Waals surface area contributed by atoms with E-state index >= 15 is 0 Å². The monoisotopic (exact) mass is 219 g/mol. The topological polar surface area (TPSA) is 55.1 Å². The third-order valence-electron chi connectivity index (χ3n) is 2.29. The second-order valence-electron chi connectivity index (χ2n) is 4.79. The molecule has 5 heteroatoms. The quantitative estimate of drug-likeness (QED) is 0.837. The number of nitrogens with one attached hydrogen (secondary N) is 1. The van der Waals surface area contributed by atoms with Gasteiger partial charge in [-0.25, -0.2) is 0 Å². The molecule has 0 aliphatic carbocycles. The van der Waals surface area contributed by atoms with Crippen molar-refractivity contribution in [1.29, 1.82) is 0 Å². The van der Waals surface area contributed by atoms with E-state index in [1.807, 2.05) is 19.1 Å². The fraction of sp³-hybridized carbons (Fsp3) is 0.545. The summed E-state index contributed by atoms with van der Waals surface area (Å²) in [5, 5.41) is 16.0. The van der Waals surface area contributed by atoms with E-state index in [0.29, 0.717) is 0 Å². The number of rotatable bonds is 2. The minimum atomic E-state index is -0.0583. The first-order chi connectivity index (χ1) is 7.52. The van der Waals surface area contributed by atoms with Crippen LogP contribution in [-0.2, 0) is 5.41 Å². The zero-order valence-electron chi connectivity index (χ0n) is 10.2. The Labute approximate surface area is 94.9 Å². The lowest BCUT2D eigenvalue weighted by Crippen LogP contribution is -2.17. The van der Waals surface area contributed by atoms with Crippen LogP contribution in [0.5, 0.6) is 0 Å². The average Bonchev–Trinajstić information content (AvgIpc) is 2.60. The molecule has 0 amide bonds. The molecule has 0 saturated carbocycles.